The van der Waals surface area contributed by atoms with Gasteiger partial charge < -0.3 is 26.4 Å². The highest BCUT2D eigenvalue weighted by molar-refractivity contribution is 5.90. The summed E-state index contributed by atoms with van der Waals surface area (Å²) in [6, 6.07) is 25.6. The van der Waals surface area contributed by atoms with Crippen molar-refractivity contribution < 1.29 is 14.3 Å². The van der Waals surface area contributed by atoms with Crippen molar-refractivity contribution in [1.82, 2.24) is 10.6 Å². The van der Waals surface area contributed by atoms with Crippen molar-refractivity contribution in [3.05, 3.63) is 103 Å². The van der Waals surface area contributed by atoms with E-state index >= 15 is 0 Å². The lowest BCUT2D eigenvalue weighted by atomic mass is 10.1. The van der Waals surface area contributed by atoms with Gasteiger partial charge in [0.25, 0.3) is 0 Å². The second-order valence-electron chi connectivity index (χ2n) is 7.27. The molecule has 0 aliphatic rings. The summed E-state index contributed by atoms with van der Waals surface area (Å²) in [4.78, 5) is 24.5. The fraction of sp³-hybridized carbons (Fsp3) is 0.154. The predicted molar refractivity (Wildman–Crippen MR) is 130 cm³/mol. The number of benzene rings is 3. The minimum Gasteiger partial charge on any atom is -0.457 e. The Balaban J connectivity index is 1.59. The van der Waals surface area contributed by atoms with E-state index in [1.165, 1.54) is 6.08 Å². The van der Waals surface area contributed by atoms with Gasteiger partial charge in [-0.25, -0.2) is 4.79 Å². The van der Waals surface area contributed by atoms with E-state index in [-0.39, 0.29) is 18.0 Å². The summed E-state index contributed by atoms with van der Waals surface area (Å²) in [5.74, 6) is 1.15. The largest absolute Gasteiger partial charge is 0.457 e. The van der Waals surface area contributed by atoms with Crippen LogP contribution in [0.25, 0.3) is 0 Å². The number of carbonyl (C=O) groups excluding carboxylic acids is 2. The molecule has 170 valence electrons. The maximum Gasteiger partial charge on any atom is 0.319 e. The first-order chi connectivity index (χ1) is 16.1. The van der Waals surface area contributed by atoms with E-state index in [2.05, 4.69) is 16.0 Å². The number of nitrogens with two attached hydrogens (primary N) is 1. The zero-order chi connectivity index (χ0) is 23.3. The van der Waals surface area contributed by atoms with Crippen LogP contribution in [0, 0.1) is 0 Å². The molecule has 3 aromatic rings. The van der Waals surface area contributed by atoms with E-state index in [9.17, 15) is 9.59 Å². The van der Waals surface area contributed by atoms with Crippen molar-refractivity contribution in [2.45, 2.75) is 12.5 Å². The Kier molecular flexibility index (Phi) is 9.05. The number of nitrogens with one attached hydrogen (secondary N) is 3. The summed E-state index contributed by atoms with van der Waals surface area (Å²) in [5, 5.41) is 8.40. The third-order valence-corrected chi connectivity index (χ3v) is 4.63. The number of amides is 3. The van der Waals surface area contributed by atoms with E-state index < -0.39 is 0 Å². The van der Waals surface area contributed by atoms with Crippen molar-refractivity contribution in [3.63, 3.8) is 0 Å². The van der Waals surface area contributed by atoms with Crippen LogP contribution in [-0.2, 0) is 11.2 Å². The lowest BCUT2D eigenvalue weighted by Crippen LogP contribution is -2.38. The van der Waals surface area contributed by atoms with Gasteiger partial charge in [-0.15, -0.1) is 0 Å². The van der Waals surface area contributed by atoms with Crippen LogP contribution in [0.1, 0.15) is 5.56 Å². The number of para-hydroxylation sites is 1. The molecule has 3 rings (SSSR count). The lowest BCUT2D eigenvalue weighted by Gasteiger charge is -2.16. The molecule has 0 spiro atoms. The predicted octanol–water partition coefficient (Wildman–Crippen LogP) is 3.84. The molecule has 0 aromatic heterocycles. The molecule has 0 saturated heterocycles. The van der Waals surface area contributed by atoms with Crippen molar-refractivity contribution in [3.8, 4) is 11.5 Å². The molecule has 3 amide bonds. The van der Waals surface area contributed by atoms with Crippen molar-refractivity contribution in [1.29, 1.82) is 0 Å². The second-order valence-corrected chi connectivity index (χ2v) is 7.27. The summed E-state index contributed by atoms with van der Waals surface area (Å²) in [7, 11) is 0. The summed E-state index contributed by atoms with van der Waals surface area (Å²) in [6.07, 6.45) is 3.63. The average molecular weight is 445 g/mol. The minimum absolute atomic E-state index is 0.255. The van der Waals surface area contributed by atoms with Gasteiger partial charge in [0.1, 0.15) is 11.5 Å². The summed E-state index contributed by atoms with van der Waals surface area (Å²) in [5.41, 5.74) is 7.07. The van der Waals surface area contributed by atoms with E-state index in [0.717, 1.165) is 11.3 Å². The number of rotatable bonds is 10. The number of hydrogen-bond acceptors (Lipinski definition) is 4. The van der Waals surface area contributed by atoms with Crippen molar-refractivity contribution in [2.24, 2.45) is 5.73 Å². The molecule has 0 bridgehead atoms. The normalized spacial score (nSPS) is 11.5. The Hall–Kier alpha value is -4.10. The highest BCUT2D eigenvalue weighted by Crippen LogP contribution is 2.22. The number of ether oxygens (including phenoxy) is 1. The van der Waals surface area contributed by atoms with Gasteiger partial charge in [-0.1, -0.05) is 54.6 Å². The Morgan fingerprint density at radius 1 is 0.879 bits per heavy atom. The van der Waals surface area contributed by atoms with Crippen molar-refractivity contribution >= 4 is 17.6 Å². The fourth-order valence-electron chi connectivity index (χ4n) is 3.06. The third-order valence-electron chi connectivity index (χ3n) is 4.63. The monoisotopic (exact) mass is 444 g/mol. The van der Waals surface area contributed by atoms with Gasteiger partial charge in [0.2, 0.25) is 5.91 Å². The molecular weight excluding hydrogens is 416 g/mol. The maximum atomic E-state index is 12.6. The van der Waals surface area contributed by atoms with Gasteiger partial charge >= 0.3 is 6.03 Å². The first-order valence-electron chi connectivity index (χ1n) is 10.7. The van der Waals surface area contributed by atoms with Gasteiger partial charge in [0.15, 0.2) is 0 Å². The van der Waals surface area contributed by atoms with Crippen LogP contribution in [-0.4, -0.2) is 31.1 Å². The van der Waals surface area contributed by atoms with E-state index in [0.29, 0.717) is 30.9 Å². The van der Waals surface area contributed by atoms with Crippen LogP contribution in [0.5, 0.6) is 11.5 Å². The zero-order valence-corrected chi connectivity index (χ0v) is 18.2. The number of urea groups is 1. The van der Waals surface area contributed by atoms with Crippen LogP contribution in [0.15, 0.2) is 97.1 Å². The quantitative estimate of drug-likeness (QED) is 0.357. The molecule has 1 atom stereocenters. The Morgan fingerprint density at radius 3 is 2.18 bits per heavy atom. The number of hydrogen-bond donors (Lipinski definition) is 4. The van der Waals surface area contributed by atoms with Crippen LogP contribution >= 0.6 is 0 Å². The molecule has 33 heavy (non-hydrogen) atoms. The Labute approximate surface area is 193 Å². The standard InChI is InChI=1S/C26H28N4O3/c27-17-18-28-25(31)16-13-22(19-20-7-3-1-4-8-20)30-26(32)29-21-11-14-24(15-12-21)33-23-9-5-2-6-10-23/h1-16,22H,17-19,27H2,(H,28,31)(H2,29,30,32)/b16-13+. The molecule has 0 aliphatic heterocycles. The molecule has 0 aliphatic carbocycles. The van der Waals surface area contributed by atoms with Crippen LogP contribution in [0.4, 0.5) is 10.5 Å². The van der Waals surface area contributed by atoms with Crippen LogP contribution in [0.2, 0.25) is 0 Å². The molecule has 3 aromatic carbocycles. The van der Waals surface area contributed by atoms with E-state index in [4.69, 9.17) is 10.5 Å². The molecule has 0 fully saturated rings. The minimum atomic E-state index is -0.378. The molecule has 0 radical (unpaired) electrons. The van der Waals surface area contributed by atoms with E-state index in [1.807, 2.05) is 60.7 Å². The highest BCUT2D eigenvalue weighted by atomic mass is 16.5. The first-order valence-corrected chi connectivity index (χ1v) is 10.7. The van der Waals surface area contributed by atoms with Gasteiger partial charge in [-0.2, -0.15) is 0 Å². The first kappa shape index (κ1) is 23.6. The SMILES string of the molecule is NCCNC(=O)/C=C/C(Cc1ccccc1)NC(=O)Nc1ccc(Oc2ccccc2)cc1. The fourth-order valence-corrected chi connectivity index (χ4v) is 3.06. The Bertz CT molecular complexity index is 1040. The number of anilines is 1. The summed E-state index contributed by atoms with van der Waals surface area (Å²) in [6.45, 7) is 0.757. The van der Waals surface area contributed by atoms with Gasteiger partial charge in [0, 0.05) is 24.9 Å². The van der Waals surface area contributed by atoms with Crippen LogP contribution in [0.3, 0.4) is 0 Å². The lowest BCUT2D eigenvalue weighted by molar-refractivity contribution is -0.116. The molecule has 0 heterocycles. The average Bonchev–Trinajstić information content (AvgIpc) is 2.84. The van der Waals surface area contributed by atoms with Gasteiger partial charge in [-0.05, 0) is 48.4 Å². The van der Waals surface area contributed by atoms with Crippen molar-refractivity contribution in [2.75, 3.05) is 18.4 Å². The summed E-state index contributed by atoms with van der Waals surface area (Å²) < 4.78 is 5.77. The van der Waals surface area contributed by atoms with E-state index in [1.54, 1.807) is 30.3 Å². The molecule has 1 unspecified atom stereocenters. The third kappa shape index (κ3) is 8.51. The zero-order valence-electron chi connectivity index (χ0n) is 18.2. The second kappa shape index (κ2) is 12.7. The van der Waals surface area contributed by atoms with Gasteiger partial charge in [0.05, 0.1) is 6.04 Å². The molecule has 0 saturated carbocycles. The van der Waals surface area contributed by atoms with Gasteiger partial charge in [-0.3, -0.25) is 4.79 Å². The van der Waals surface area contributed by atoms with Crippen LogP contribution < -0.4 is 26.4 Å². The molecule has 7 nitrogen and oxygen atoms in total. The smallest absolute Gasteiger partial charge is 0.319 e. The summed E-state index contributed by atoms with van der Waals surface area (Å²) >= 11 is 0. The topological polar surface area (TPSA) is 105 Å². The highest BCUT2D eigenvalue weighted by Gasteiger charge is 2.11. The maximum absolute atomic E-state index is 12.6. The molecule has 7 heteroatoms. The Morgan fingerprint density at radius 2 is 1.52 bits per heavy atom. The molecule has 5 N–H and O–H groups in total. The molecular formula is C26H28N4O3. The number of carbonyl (C=O) groups is 2.